The first kappa shape index (κ1) is 21.2. The van der Waals surface area contributed by atoms with Gasteiger partial charge in [-0.2, -0.15) is 0 Å². The summed E-state index contributed by atoms with van der Waals surface area (Å²) < 4.78 is 0. The third-order valence-electron chi connectivity index (χ3n) is 3.29. The minimum absolute atomic E-state index is 0.121. The van der Waals surface area contributed by atoms with Crippen LogP contribution in [0.3, 0.4) is 0 Å². The molecule has 0 bridgehead atoms. The number of ketones is 3. The van der Waals surface area contributed by atoms with Crippen LogP contribution in [0.1, 0.15) is 76.6 Å². The van der Waals surface area contributed by atoms with Crippen LogP contribution in [0.5, 0.6) is 0 Å². The molecular weight excluding hydrogens is 288 g/mol. The maximum absolute atomic E-state index is 10.6. The Morgan fingerprint density at radius 2 is 1.48 bits per heavy atom. The van der Waals surface area contributed by atoms with Gasteiger partial charge in [-0.1, -0.05) is 50.6 Å². The van der Waals surface area contributed by atoms with E-state index in [1.165, 1.54) is 6.42 Å². The highest BCUT2D eigenvalue weighted by atomic mass is 16.1. The van der Waals surface area contributed by atoms with Crippen molar-refractivity contribution in [3.63, 3.8) is 0 Å². The molecule has 0 saturated heterocycles. The Kier molecular flexibility index (Phi) is 11.8. The quantitative estimate of drug-likeness (QED) is 0.734. The molecule has 1 aliphatic rings. The average molecular weight is 318 g/mol. The van der Waals surface area contributed by atoms with E-state index in [0.717, 1.165) is 37.7 Å². The van der Waals surface area contributed by atoms with Crippen LogP contribution in [0.2, 0.25) is 0 Å². The summed E-state index contributed by atoms with van der Waals surface area (Å²) in [5.41, 5.74) is 0.775. The Morgan fingerprint density at radius 3 is 1.70 bits per heavy atom. The number of hydrogen-bond donors (Lipinski definition) is 0. The molecule has 0 heterocycles. The lowest BCUT2D eigenvalue weighted by Gasteiger charge is -2.05. The van der Waals surface area contributed by atoms with E-state index in [4.69, 9.17) is 0 Å². The van der Waals surface area contributed by atoms with Crippen molar-refractivity contribution < 1.29 is 14.4 Å². The fourth-order valence-corrected chi connectivity index (χ4v) is 2.19. The predicted octanol–water partition coefficient (Wildman–Crippen LogP) is 5.03. The summed E-state index contributed by atoms with van der Waals surface area (Å²) in [6, 6.07) is 9.23. The van der Waals surface area contributed by atoms with Crippen molar-refractivity contribution in [3.05, 3.63) is 35.9 Å². The maximum atomic E-state index is 10.6. The molecule has 0 aromatic heterocycles. The van der Waals surface area contributed by atoms with Gasteiger partial charge in [0, 0.05) is 24.8 Å². The van der Waals surface area contributed by atoms with Gasteiger partial charge in [-0.3, -0.25) is 9.59 Å². The van der Waals surface area contributed by atoms with E-state index in [9.17, 15) is 14.4 Å². The van der Waals surface area contributed by atoms with E-state index < -0.39 is 0 Å². The first-order valence-corrected chi connectivity index (χ1v) is 8.40. The summed E-state index contributed by atoms with van der Waals surface area (Å²) in [6.07, 6.45) is 5.96. The summed E-state index contributed by atoms with van der Waals surface area (Å²) in [6.45, 7) is 7.28. The number of carbonyl (C=O) groups is 3. The van der Waals surface area contributed by atoms with Crippen molar-refractivity contribution >= 4 is 17.3 Å². The van der Waals surface area contributed by atoms with Crippen molar-refractivity contribution in [2.75, 3.05) is 0 Å². The van der Waals surface area contributed by atoms with Crippen molar-refractivity contribution in [1.82, 2.24) is 0 Å². The standard InChI is InChI=1S/C8H8O.C6H10O.C6H12O/c1-7(9)8-5-3-2-4-6-8;7-6-4-2-1-3-5-6;1-5(2)4-6(3)7/h2-6H,1H3;1-5H2;5H,4H2,1-3H3. The van der Waals surface area contributed by atoms with Crippen LogP contribution in [0.15, 0.2) is 30.3 Å². The number of benzene rings is 1. The Morgan fingerprint density at radius 1 is 0.957 bits per heavy atom. The molecule has 0 unspecified atom stereocenters. The second-order valence-corrected chi connectivity index (χ2v) is 6.32. The normalized spacial score (nSPS) is 13.3. The van der Waals surface area contributed by atoms with Crippen molar-refractivity contribution in [3.8, 4) is 0 Å². The first-order chi connectivity index (χ1) is 10.8. The second-order valence-electron chi connectivity index (χ2n) is 6.32. The molecule has 3 nitrogen and oxygen atoms in total. The Bertz CT molecular complexity index is 467. The van der Waals surface area contributed by atoms with Crippen molar-refractivity contribution in [1.29, 1.82) is 0 Å². The molecule has 0 spiro atoms. The summed E-state index contributed by atoms with van der Waals surface area (Å²) >= 11 is 0. The maximum Gasteiger partial charge on any atom is 0.159 e. The molecule has 0 radical (unpaired) electrons. The highest BCUT2D eigenvalue weighted by Gasteiger charge is 2.06. The molecule has 2 rings (SSSR count). The van der Waals surface area contributed by atoms with Crippen molar-refractivity contribution in [2.45, 2.75) is 66.2 Å². The zero-order valence-electron chi connectivity index (χ0n) is 14.9. The van der Waals surface area contributed by atoms with Crippen LogP contribution in [0.4, 0.5) is 0 Å². The highest BCUT2D eigenvalue weighted by Crippen LogP contribution is 2.12. The lowest BCUT2D eigenvalue weighted by Crippen LogP contribution is -2.02. The summed E-state index contributed by atoms with van der Waals surface area (Å²) in [5.74, 6) is 1.40. The van der Waals surface area contributed by atoms with Crippen molar-refractivity contribution in [2.24, 2.45) is 5.92 Å². The minimum Gasteiger partial charge on any atom is -0.300 e. The Hall–Kier alpha value is -1.77. The molecule has 23 heavy (non-hydrogen) atoms. The van der Waals surface area contributed by atoms with Gasteiger partial charge in [-0.25, -0.2) is 0 Å². The third kappa shape index (κ3) is 13.6. The monoisotopic (exact) mass is 318 g/mol. The fourth-order valence-electron chi connectivity index (χ4n) is 2.19. The second kappa shape index (κ2) is 12.7. The number of hydrogen-bond acceptors (Lipinski definition) is 3. The molecular formula is C20H30O3. The first-order valence-electron chi connectivity index (χ1n) is 8.40. The van der Waals surface area contributed by atoms with E-state index in [1.807, 2.05) is 44.2 Å². The molecule has 0 N–H and O–H groups in total. The molecule has 0 amide bonds. The molecule has 0 aliphatic heterocycles. The van der Waals surface area contributed by atoms with Gasteiger partial charge in [-0.15, -0.1) is 0 Å². The van der Waals surface area contributed by atoms with Gasteiger partial charge in [0.25, 0.3) is 0 Å². The fraction of sp³-hybridized carbons (Fsp3) is 0.550. The van der Waals surface area contributed by atoms with Crippen LogP contribution < -0.4 is 0 Å². The van der Waals surface area contributed by atoms with E-state index in [1.54, 1.807) is 13.8 Å². The van der Waals surface area contributed by atoms with Gasteiger partial charge in [0.05, 0.1) is 0 Å². The molecule has 1 aliphatic carbocycles. The van der Waals surface area contributed by atoms with Gasteiger partial charge >= 0.3 is 0 Å². The topological polar surface area (TPSA) is 51.2 Å². The van der Waals surface area contributed by atoms with Gasteiger partial charge in [0.15, 0.2) is 5.78 Å². The van der Waals surface area contributed by atoms with Gasteiger partial charge in [-0.05, 0) is 32.6 Å². The smallest absolute Gasteiger partial charge is 0.159 e. The van der Waals surface area contributed by atoms with Gasteiger partial charge in [0.2, 0.25) is 0 Å². The Labute approximate surface area is 140 Å². The van der Waals surface area contributed by atoms with Crippen LogP contribution in [0, 0.1) is 5.92 Å². The number of Topliss-reactive ketones (excluding diaryl/α,β-unsaturated/α-hetero) is 3. The van der Waals surface area contributed by atoms with Crippen LogP contribution in [0.25, 0.3) is 0 Å². The lowest BCUT2D eigenvalue weighted by atomic mass is 10.00. The minimum atomic E-state index is 0.121. The molecule has 1 fully saturated rings. The summed E-state index contributed by atoms with van der Waals surface area (Å²) in [7, 11) is 0. The molecule has 128 valence electrons. The van der Waals surface area contributed by atoms with E-state index in [2.05, 4.69) is 0 Å². The van der Waals surface area contributed by atoms with Gasteiger partial charge < -0.3 is 4.79 Å². The zero-order chi connectivity index (χ0) is 17.7. The SMILES string of the molecule is CC(=O)CC(C)C.CC(=O)c1ccccc1.O=C1CCCCC1. The van der Waals surface area contributed by atoms with Gasteiger partial charge in [0.1, 0.15) is 11.6 Å². The zero-order valence-corrected chi connectivity index (χ0v) is 14.9. The predicted molar refractivity (Wildman–Crippen MR) is 94.7 cm³/mol. The van der Waals surface area contributed by atoms with E-state index in [-0.39, 0.29) is 11.6 Å². The lowest BCUT2D eigenvalue weighted by molar-refractivity contribution is -0.120. The molecule has 0 atom stereocenters. The van der Waals surface area contributed by atoms with Crippen LogP contribution in [-0.2, 0) is 9.59 Å². The van der Waals surface area contributed by atoms with Crippen LogP contribution in [-0.4, -0.2) is 17.3 Å². The summed E-state index contributed by atoms with van der Waals surface area (Å²) in [5, 5.41) is 0. The number of carbonyl (C=O) groups excluding carboxylic acids is 3. The number of rotatable bonds is 3. The van der Waals surface area contributed by atoms with E-state index in [0.29, 0.717) is 11.7 Å². The van der Waals surface area contributed by atoms with E-state index >= 15 is 0 Å². The molecule has 1 saturated carbocycles. The molecule has 3 heteroatoms. The average Bonchev–Trinajstić information content (AvgIpc) is 2.49. The highest BCUT2D eigenvalue weighted by molar-refractivity contribution is 5.93. The molecule has 1 aromatic rings. The summed E-state index contributed by atoms with van der Waals surface area (Å²) in [4.78, 5) is 31.4. The molecule has 1 aromatic carbocycles. The largest absolute Gasteiger partial charge is 0.300 e. The third-order valence-corrected chi connectivity index (χ3v) is 3.29. The Balaban J connectivity index is 0.000000320. The van der Waals surface area contributed by atoms with Crippen LogP contribution >= 0.6 is 0 Å².